The van der Waals surface area contributed by atoms with Crippen LogP contribution in [-0.4, -0.2) is 19.5 Å². The molecular weight excluding hydrogens is 741 g/mol. The summed E-state index contributed by atoms with van der Waals surface area (Å²) in [5.74, 6) is 1.88. The Hall–Kier alpha value is -8.21. The van der Waals surface area contributed by atoms with Crippen molar-refractivity contribution < 1.29 is 0 Å². The van der Waals surface area contributed by atoms with Gasteiger partial charge < -0.3 is 4.57 Å². The van der Waals surface area contributed by atoms with E-state index in [0.29, 0.717) is 17.5 Å². The highest BCUT2D eigenvalue weighted by Gasteiger charge is 2.21. The Balaban J connectivity index is 1.15. The number of benzene rings is 10. The molecule has 0 N–H and O–H groups in total. The highest BCUT2D eigenvalue weighted by Crippen LogP contribution is 2.42. The van der Waals surface area contributed by atoms with E-state index in [4.69, 9.17) is 15.0 Å². The first-order chi connectivity index (χ1) is 30.2. The van der Waals surface area contributed by atoms with E-state index >= 15 is 0 Å². The summed E-state index contributed by atoms with van der Waals surface area (Å²) in [5, 5.41) is 9.61. The summed E-state index contributed by atoms with van der Waals surface area (Å²) in [6.45, 7) is 0. The Morgan fingerprint density at radius 2 is 0.852 bits per heavy atom. The largest absolute Gasteiger partial charge is 0.309 e. The van der Waals surface area contributed by atoms with E-state index in [1.54, 1.807) is 0 Å². The van der Waals surface area contributed by atoms with Crippen LogP contribution in [0.1, 0.15) is 0 Å². The van der Waals surface area contributed by atoms with Gasteiger partial charge in [-0.1, -0.05) is 176 Å². The normalized spacial score (nSPS) is 11.6. The van der Waals surface area contributed by atoms with Crippen LogP contribution in [0.25, 0.3) is 116 Å². The maximum absolute atomic E-state index is 5.35. The van der Waals surface area contributed by atoms with E-state index in [0.717, 1.165) is 66.4 Å². The van der Waals surface area contributed by atoms with Gasteiger partial charge in [0.2, 0.25) is 0 Å². The smallest absolute Gasteiger partial charge is 0.164 e. The Labute approximate surface area is 352 Å². The maximum atomic E-state index is 5.35. The molecule has 0 aliphatic rings. The third-order valence-corrected chi connectivity index (χ3v) is 12.0. The molecule has 0 atom stereocenters. The summed E-state index contributed by atoms with van der Waals surface area (Å²) in [6.07, 6.45) is 0. The Bertz CT molecular complexity index is 3640. The van der Waals surface area contributed by atoms with Gasteiger partial charge in [-0.25, -0.2) is 15.0 Å². The van der Waals surface area contributed by atoms with E-state index in [2.05, 4.69) is 205 Å². The zero-order valence-corrected chi connectivity index (χ0v) is 33.1. The van der Waals surface area contributed by atoms with Crippen molar-refractivity contribution in [3.63, 3.8) is 0 Å². The monoisotopic (exact) mass is 776 g/mol. The van der Waals surface area contributed by atoms with E-state index in [-0.39, 0.29) is 0 Å². The first-order valence-corrected chi connectivity index (χ1v) is 20.7. The van der Waals surface area contributed by atoms with Crippen LogP contribution in [0.5, 0.6) is 0 Å². The molecule has 12 aromatic rings. The summed E-state index contributed by atoms with van der Waals surface area (Å²) in [7, 11) is 0. The summed E-state index contributed by atoms with van der Waals surface area (Å²) in [6, 6.07) is 77.7. The highest BCUT2D eigenvalue weighted by atomic mass is 15.0. The molecule has 2 heterocycles. The predicted octanol–water partition coefficient (Wildman–Crippen LogP) is 14.8. The molecule has 284 valence electrons. The standard InChI is InChI=1S/C57H36N4/c1-3-15-37(16-4-1)41-24-13-25-44(33-41)50-36-45(61-52-32-29-39-18-10-12-27-47(39)54(52)51-34-42-21-7-8-22-43(42)35-53(51)61)30-31-49(50)57-59-55(40-19-5-2-6-20-40)58-56(60-57)48-28-14-23-38-17-9-11-26-46(38)48/h1-36H. The molecule has 0 amide bonds. The summed E-state index contributed by atoms with van der Waals surface area (Å²) < 4.78 is 2.43. The third-order valence-electron chi connectivity index (χ3n) is 12.0. The number of rotatable bonds is 6. The molecule has 0 spiro atoms. The fraction of sp³-hybridized carbons (Fsp3) is 0. The van der Waals surface area contributed by atoms with Crippen LogP contribution in [0.15, 0.2) is 218 Å². The molecule has 0 aliphatic heterocycles. The third kappa shape index (κ3) is 5.96. The van der Waals surface area contributed by atoms with Gasteiger partial charge >= 0.3 is 0 Å². The second kappa shape index (κ2) is 14.3. The van der Waals surface area contributed by atoms with Crippen LogP contribution in [0.3, 0.4) is 0 Å². The van der Waals surface area contributed by atoms with Crippen LogP contribution in [0.4, 0.5) is 0 Å². The summed E-state index contributed by atoms with van der Waals surface area (Å²) in [4.78, 5) is 15.8. The average molecular weight is 777 g/mol. The number of hydrogen-bond donors (Lipinski definition) is 0. The molecule has 0 unspecified atom stereocenters. The van der Waals surface area contributed by atoms with Gasteiger partial charge in [0.1, 0.15) is 0 Å². The van der Waals surface area contributed by atoms with Gasteiger partial charge in [0.05, 0.1) is 11.0 Å². The van der Waals surface area contributed by atoms with Crippen molar-refractivity contribution in [1.82, 2.24) is 19.5 Å². The van der Waals surface area contributed by atoms with Crippen LogP contribution < -0.4 is 0 Å². The lowest BCUT2D eigenvalue weighted by Crippen LogP contribution is -2.02. The first kappa shape index (κ1) is 34.8. The second-order valence-corrected chi connectivity index (χ2v) is 15.6. The van der Waals surface area contributed by atoms with E-state index < -0.39 is 0 Å². The minimum Gasteiger partial charge on any atom is -0.309 e. The molecule has 10 aromatic carbocycles. The minimum absolute atomic E-state index is 0.614. The first-order valence-electron chi connectivity index (χ1n) is 20.7. The van der Waals surface area contributed by atoms with Crippen molar-refractivity contribution >= 4 is 54.1 Å². The fourth-order valence-corrected chi connectivity index (χ4v) is 9.11. The van der Waals surface area contributed by atoms with Crippen molar-refractivity contribution in [2.45, 2.75) is 0 Å². The van der Waals surface area contributed by atoms with Crippen LogP contribution in [0, 0.1) is 0 Å². The van der Waals surface area contributed by atoms with Gasteiger partial charge in [0.15, 0.2) is 17.5 Å². The minimum atomic E-state index is 0.614. The number of fused-ring (bicyclic) bond motifs is 7. The lowest BCUT2D eigenvalue weighted by atomic mass is 9.94. The molecule has 12 rings (SSSR count). The number of aromatic nitrogens is 4. The fourth-order valence-electron chi connectivity index (χ4n) is 9.11. The zero-order chi connectivity index (χ0) is 40.3. The summed E-state index contributed by atoms with van der Waals surface area (Å²) >= 11 is 0. The number of nitrogens with zero attached hydrogens (tertiary/aromatic N) is 4. The molecule has 0 aliphatic carbocycles. The SMILES string of the molecule is c1ccc(-c2cccc(-c3cc(-n4c5cc6ccccc6cc5c5c6ccccc6ccc54)ccc3-c3nc(-c4ccccc4)nc(-c4cccc5ccccc45)n3)c2)cc1. The van der Waals surface area contributed by atoms with Gasteiger partial charge in [0, 0.05) is 33.2 Å². The lowest BCUT2D eigenvalue weighted by Gasteiger charge is -2.16. The molecule has 61 heavy (non-hydrogen) atoms. The molecule has 0 saturated carbocycles. The Morgan fingerprint density at radius 3 is 1.64 bits per heavy atom. The van der Waals surface area contributed by atoms with Crippen LogP contribution in [-0.2, 0) is 0 Å². The van der Waals surface area contributed by atoms with Gasteiger partial charge in [-0.05, 0) is 97.0 Å². The summed E-state index contributed by atoms with van der Waals surface area (Å²) in [5.41, 5.74) is 10.6. The van der Waals surface area contributed by atoms with Gasteiger partial charge in [-0.3, -0.25) is 0 Å². The van der Waals surface area contributed by atoms with Gasteiger partial charge in [-0.15, -0.1) is 0 Å². The van der Waals surface area contributed by atoms with Crippen molar-refractivity contribution in [2.24, 2.45) is 0 Å². The highest BCUT2D eigenvalue weighted by molar-refractivity contribution is 6.23. The molecular formula is C57H36N4. The Kier molecular flexibility index (Phi) is 8.13. The quantitative estimate of drug-likeness (QED) is 0.169. The van der Waals surface area contributed by atoms with E-state index in [1.807, 2.05) is 18.2 Å². The van der Waals surface area contributed by atoms with Gasteiger partial charge in [-0.2, -0.15) is 0 Å². The average Bonchev–Trinajstić information content (AvgIpc) is 3.66. The zero-order valence-electron chi connectivity index (χ0n) is 33.1. The second-order valence-electron chi connectivity index (χ2n) is 15.6. The lowest BCUT2D eigenvalue weighted by molar-refractivity contribution is 1.08. The van der Waals surface area contributed by atoms with Crippen molar-refractivity contribution in [3.8, 4) is 62.1 Å². The molecule has 4 heteroatoms. The Morgan fingerprint density at radius 1 is 0.279 bits per heavy atom. The molecule has 0 fully saturated rings. The van der Waals surface area contributed by atoms with Crippen molar-refractivity contribution in [3.05, 3.63) is 218 Å². The maximum Gasteiger partial charge on any atom is 0.164 e. The van der Waals surface area contributed by atoms with Crippen molar-refractivity contribution in [1.29, 1.82) is 0 Å². The topological polar surface area (TPSA) is 43.6 Å². The van der Waals surface area contributed by atoms with Gasteiger partial charge in [0.25, 0.3) is 0 Å². The van der Waals surface area contributed by atoms with Crippen LogP contribution in [0.2, 0.25) is 0 Å². The molecule has 2 aromatic heterocycles. The van der Waals surface area contributed by atoms with Crippen LogP contribution >= 0.6 is 0 Å². The molecule has 0 saturated heterocycles. The van der Waals surface area contributed by atoms with E-state index in [1.165, 1.54) is 32.3 Å². The molecule has 4 nitrogen and oxygen atoms in total. The van der Waals surface area contributed by atoms with E-state index in [9.17, 15) is 0 Å². The number of hydrogen-bond acceptors (Lipinski definition) is 3. The molecule has 0 bridgehead atoms. The molecule has 0 radical (unpaired) electrons. The predicted molar refractivity (Wildman–Crippen MR) is 254 cm³/mol. The van der Waals surface area contributed by atoms with Crippen molar-refractivity contribution in [2.75, 3.05) is 0 Å².